The van der Waals surface area contributed by atoms with Gasteiger partial charge in [0.2, 0.25) is 0 Å². The van der Waals surface area contributed by atoms with Crippen LogP contribution in [0.2, 0.25) is 0 Å². The van der Waals surface area contributed by atoms with Crippen molar-refractivity contribution in [2.24, 2.45) is 5.92 Å². The summed E-state index contributed by atoms with van der Waals surface area (Å²) in [5, 5.41) is 4.69. The first-order valence-corrected chi connectivity index (χ1v) is 8.97. The standard InChI is InChI=1S/C16H31NO2S/c1-6-10-17-16(15(18)19-7-2)9-8-14(11-16)20-13(5)12(3)4/h12-14,17H,6-11H2,1-5H3. The monoisotopic (exact) mass is 301 g/mol. The molecule has 0 aromatic heterocycles. The third kappa shape index (κ3) is 4.66. The Hall–Kier alpha value is -0.220. The van der Waals surface area contributed by atoms with E-state index in [1.807, 2.05) is 18.7 Å². The lowest BCUT2D eigenvalue weighted by molar-refractivity contribution is -0.151. The third-order valence-electron chi connectivity index (χ3n) is 4.19. The van der Waals surface area contributed by atoms with Crippen LogP contribution >= 0.6 is 11.8 Å². The minimum absolute atomic E-state index is 0.0475. The first kappa shape index (κ1) is 17.8. The summed E-state index contributed by atoms with van der Waals surface area (Å²) in [5.41, 5.74) is -0.430. The molecule has 0 amide bonds. The molecular weight excluding hydrogens is 270 g/mol. The fourth-order valence-corrected chi connectivity index (χ4v) is 4.18. The Bertz CT molecular complexity index is 309. The average Bonchev–Trinajstić information content (AvgIpc) is 2.81. The van der Waals surface area contributed by atoms with Gasteiger partial charge in [0.05, 0.1) is 6.61 Å². The lowest BCUT2D eigenvalue weighted by Gasteiger charge is -2.29. The van der Waals surface area contributed by atoms with Gasteiger partial charge in [-0.25, -0.2) is 0 Å². The van der Waals surface area contributed by atoms with Crippen LogP contribution in [0.1, 0.15) is 60.3 Å². The van der Waals surface area contributed by atoms with Crippen molar-refractivity contribution in [3.63, 3.8) is 0 Å². The summed E-state index contributed by atoms with van der Waals surface area (Å²) in [7, 11) is 0. The van der Waals surface area contributed by atoms with Gasteiger partial charge < -0.3 is 10.1 Å². The van der Waals surface area contributed by atoms with Gasteiger partial charge in [-0.15, -0.1) is 0 Å². The topological polar surface area (TPSA) is 38.3 Å². The van der Waals surface area contributed by atoms with Crippen molar-refractivity contribution in [1.29, 1.82) is 0 Å². The fraction of sp³-hybridized carbons (Fsp3) is 0.938. The predicted octanol–water partition coefficient (Wildman–Crippen LogP) is 3.62. The molecule has 0 radical (unpaired) electrons. The number of ether oxygens (including phenoxy) is 1. The van der Waals surface area contributed by atoms with Crippen molar-refractivity contribution in [2.75, 3.05) is 13.2 Å². The molecule has 3 unspecified atom stereocenters. The minimum Gasteiger partial charge on any atom is -0.465 e. The molecule has 118 valence electrons. The minimum atomic E-state index is -0.430. The SMILES string of the molecule is CCCNC1(C(=O)OCC)CCC(SC(C)C(C)C)C1. The lowest BCUT2D eigenvalue weighted by atomic mass is 9.97. The van der Waals surface area contributed by atoms with Gasteiger partial charge in [0.25, 0.3) is 0 Å². The van der Waals surface area contributed by atoms with E-state index in [4.69, 9.17) is 4.74 Å². The number of nitrogens with one attached hydrogen (secondary N) is 1. The van der Waals surface area contributed by atoms with Crippen LogP contribution in [0.5, 0.6) is 0 Å². The summed E-state index contributed by atoms with van der Waals surface area (Å²) in [5.74, 6) is 0.634. The molecule has 3 atom stereocenters. The highest BCUT2D eigenvalue weighted by Crippen LogP contribution is 2.40. The zero-order valence-electron chi connectivity index (χ0n) is 13.7. The molecule has 1 saturated carbocycles. The number of thioether (sulfide) groups is 1. The second-order valence-electron chi connectivity index (χ2n) is 6.18. The molecule has 0 aromatic rings. The van der Waals surface area contributed by atoms with Gasteiger partial charge in [-0.1, -0.05) is 27.7 Å². The highest BCUT2D eigenvalue weighted by molar-refractivity contribution is 8.00. The predicted molar refractivity (Wildman–Crippen MR) is 87.2 cm³/mol. The van der Waals surface area contributed by atoms with Gasteiger partial charge in [-0.3, -0.25) is 4.79 Å². The van der Waals surface area contributed by atoms with Gasteiger partial charge in [0, 0.05) is 10.5 Å². The van der Waals surface area contributed by atoms with Crippen LogP contribution in [0, 0.1) is 5.92 Å². The van der Waals surface area contributed by atoms with E-state index in [0.29, 0.717) is 23.0 Å². The average molecular weight is 301 g/mol. The maximum absolute atomic E-state index is 12.3. The first-order chi connectivity index (χ1) is 9.45. The summed E-state index contributed by atoms with van der Waals surface area (Å²) in [6.07, 6.45) is 3.97. The molecule has 0 bridgehead atoms. The quantitative estimate of drug-likeness (QED) is 0.695. The smallest absolute Gasteiger partial charge is 0.326 e. The van der Waals surface area contributed by atoms with Crippen molar-refractivity contribution < 1.29 is 9.53 Å². The molecule has 1 rings (SSSR count). The lowest BCUT2D eigenvalue weighted by Crippen LogP contribution is -2.51. The number of rotatable bonds is 8. The van der Waals surface area contributed by atoms with Crippen molar-refractivity contribution >= 4 is 17.7 Å². The summed E-state index contributed by atoms with van der Waals surface area (Å²) in [6, 6.07) is 0. The molecule has 1 aliphatic carbocycles. The molecule has 0 aliphatic heterocycles. The van der Waals surface area contributed by atoms with E-state index < -0.39 is 5.54 Å². The molecule has 1 fully saturated rings. The molecule has 20 heavy (non-hydrogen) atoms. The van der Waals surface area contributed by atoms with E-state index in [0.717, 1.165) is 32.2 Å². The molecule has 0 heterocycles. The number of esters is 1. The molecule has 4 heteroatoms. The largest absolute Gasteiger partial charge is 0.465 e. The summed E-state index contributed by atoms with van der Waals surface area (Å²) >= 11 is 2.04. The molecule has 0 aromatic carbocycles. The van der Waals surface area contributed by atoms with E-state index in [1.54, 1.807) is 0 Å². The Morgan fingerprint density at radius 2 is 2.10 bits per heavy atom. The highest BCUT2D eigenvalue weighted by atomic mass is 32.2. The van der Waals surface area contributed by atoms with Gasteiger partial charge in [0.15, 0.2) is 0 Å². The number of carbonyl (C=O) groups is 1. The molecule has 1 N–H and O–H groups in total. The summed E-state index contributed by atoms with van der Waals surface area (Å²) in [4.78, 5) is 12.3. The van der Waals surface area contributed by atoms with E-state index in [9.17, 15) is 4.79 Å². The van der Waals surface area contributed by atoms with Crippen molar-refractivity contribution in [2.45, 2.75) is 76.3 Å². The normalized spacial score (nSPS) is 27.8. The van der Waals surface area contributed by atoms with Crippen LogP contribution in [-0.2, 0) is 9.53 Å². The van der Waals surface area contributed by atoms with E-state index >= 15 is 0 Å². The number of carbonyl (C=O) groups excluding carboxylic acids is 1. The second-order valence-corrected chi connectivity index (χ2v) is 7.86. The molecule has 0 spiro atoms. The van der Waals surface area contributed by atoms with E-state index in [1.165, 1.54) is 0 Å². The Kier molecular flexibility index (Phi) is 7.38. The Morgan fingerprint density at radius 1 is 1.40 bits per heavy atom. The number of hydrogen-bond acceptors (Lipinski definition) is 4. The molecular formula is C16H31NO2S. The van der Waals surface area contributed by atoms with Crippen molar-refractivity contribution in [3.8, 4) is 0 Å². The summed E-state index contributed by atoms with van der Waals surface area (Å²) < 4.78 is 5.32. The maximum Gasteiger partial charge on any atom is 0.326 e. The fourth-order valence-electron chi connectivity index (χ4n) is 2.63. The molecule has 3 nitrogen and oxygen atoms in total. The van der Waals surface area contributed by atoms with E-state index in [2.05, 4.69) is 33.0 Å². The Morgan fingerprint density at radius 3 is 2.65 bits per heavy atom. The van der Waals surface area contributed by atoms with E-state index in [-0.39, 0.29) is 5.97 Å². The maximum atomic E-state index is 12.3. The second kappa shape index (κ2) is 8.28. The van der Waals surface area contributed by atoms with Crippen LogP contribution in [-0.4, -0.2) is 35.2 Å². The van der Waals surface area contributed by atoms with Gasteiger partial charge in [-0.2, -0.15) is 11.8 Å². The zero-order chi connectivity index (χ0) is 15.2. The van der Waals surface area contributed by atoms with Crippen LogP contribution in [0.25, 0.3) is 0 Å². The Balaban J connectivity index is 2.65. The van der Waals surface area contributed by atoms with Gasteiger partial charge in [-0.05, 0) is 45.1 Å². The van der Waals surface area contributed by atoms with Crippen molar-refractivity contribution in [1.82, 2.24) is 5.32 Å². The Labute approximate surface area is 128 Å². The molecule has 0 saturated heterocycles. The summed E-state index contributed by atoms with van der Waals surface area (Å²) in [6.45, 7) is 12.2. The van der Waals surface area contributed by atoms with Crippen molar-refractivity contribution in [3.05, 3.63) is 0 Å². The van der Waals surface area contributed by atoms with Crippen LogP contribution in [0.3, 0.4) is 0 Å². The number of hydrogen-bond donors (Lipinski definition) is 1. The van der Waals surface area contributed by atoms with Crippen LogP contribution < -0.4 is 5.32 Å². The third-order valence-corrected chi connectivity index (χ3v) is 5.96. The van der Waals surface area contributed by atoms with Crippen LogP contribution in [0.15, 0.2) is 0 Å². The van der Waals surface area contributed by atoms with Gasteiger partial charge >= 0.3 is 5.97 Å². The molecule has 1 aliphatic rings. The highest BCUT2D eigenvalue weighted by Gasteiger charge is 2.46. The van der Waals surface area contributed by atoms with Gasteiger partial charge in [0.1, 0.15) is 5.54 Å². The first-order valence-electron chi connectivity index (χ1n) is 8.03. The zero-order valence-corrected chi connectivity index (χ0v) is 14.5. The van der Waals surface area contributed by atoms with Crippen LogP contribution in [0.4, 0.5) is 0 Å².